The molecule has 1 N–H and O–H groups in total. The lowest BCUT2D eigenvalue weighted by Gasteiger charge is -2.23. The van der Waals surface area contributed by atoms with Crippen LogP contribution in [-0.2, 0) is 9.59 Å². The maximum atomic E-state index is 13.3. The van der Waals surface area contributed by atoms with Crippen LogP contribution in [0.2, 0.25) is 0 Å². The van der Waals surface area contributed by atoms with Gasteiger partial charge in [-0.2, -0.15) is 14.3 Å². The lowest BCUT2D eigenvalue weighted by Crippen LogP contribution is -2.56. The van der Waals surface area contributed by atoms with Gasteiger partial charge in [-0.3, -0.25) is 4.79 Å². The summed E-state index contributed by atoms with van der Waals surface area (Å²) in [5, 5.41) is 3.59. The zero-order valence-electron chi connectivity index (χ0n) is 13.9. The molecule has 2 aliphatic rings. The summed E-state index contributed by atoms with van der Waals surface area (Å²) in [6.07, 6.45) is 2.24. The van der Waals surface area contributed by atoms with Gasteiger partial charge in [0.25, 0.3) is 5.91 Å². The molecule has 2 heterocycles. The largest absolute Gasteiger partial charge is 0.501 e. The Morgan fingerprint density at radius 1 is 1.31 bits per heavy atom. The minimum Gasteiger partial charge on any atom is -0.323 e. The van der Waals surface area contributed by atoms with Gasteiger partial charge in [-0.05, 0) is 30.0 Å². The number of carbonyl (C=O) groups excluding carboxylic acids is 3. The summed E-state index contributed by atoms with van der Waals surface area (Å²) in [6.45, 7) is 1.78. The number of urea groups is 1. The van der Waals surface area contributed by atoms with Gasteiger partial charge in [-0.1, -0.05) is 6.92 Å². The van der Waals surface area contributed by atoms with Crippen LogP contribution in [0.25, 0.3) is 0 Å². The Morgan fingerprint density at radius 2 is 2.08 bits per heavy atom. The summed E-state index contributed by atoms with van der Waals surface area (Å²) < 4.78 is 27.5. The van der Waals surface area contributed by atoms with E-state index >= 15 is 0 Å². The molecular formula is C17H16F2N3O3S+. The highest BCUT2D eigenvalue weighted by Gasteiger charge is 2.48. The van der Waals surface area contributed by atoms with Gasteiger partial charge in [0.05, 0.1) is 6.54 Å². The zero-order valence-corrected chi connectivity index (χ0v) is 14.7. The molecule has 1 atom stereocenters. The summed E-state index contributed by atoms with van der Waals surface area (Å²) in [5.41, 5.74) is 0.538. The minimum atomic E-state index is -1.08. The number of nitrogens with zero attached hydrogens (tertiary/aromatic N) is 2. The Kier molecular flexibility index (Phi) is 5.17. The number of nitrogens with one attached hydrogen (secondary N) is 1. The molecule has 0 fully saturated rings. The topological polar surface area (TPSA) is 69.5 Å². The molecule has 3 rings (SSSR count). The second-order valence-corrected chi connectivity index (χ2v) is 6.80. The Bertz CT molecular complexity index is 854. The number of halogens is 2. The van der Waals surface area contributed by atoms with Crippen molar-refractivity contribution in [1.29, 1.82) is 0 Å². The van der Waals surface area contributed by atoms with E-state index < -0.39 is 28.8 Å². The van der Waals surface area contributed by atoms with Crippen LogP contribution in [0.5, 0.6) is 0 Å². The lowest BCUT2D eigenvalue weighted by atomic mass is 10.1. The molecule has 0 saturated carbocycles. The third kappa shape index (κ3) is 3.39. The Hall–Kier alpha value is -2.55. The van der Waals surface area contributed by atoms with Gasteiger partial charge in [0.2, 0.25) is 0 Å². The van der Waals surface area contributed by atoms with Crippen LogP contribution < -0.4 is 5.32 Å². The summed E-state index contributed by atoms with van der Waals surface area (Å²) in [7, 11) is 0. The average molecular weight is 380 g/mol. The fraction of sp³-hybridized carbons (Fsp3) is 0.294. The molecule has 6 nitrogen and oxygen atoms in total. The van der Waals surface area contributed by atoms with Crippen molar-refractivity contribution in [2.24, 2.45) is 0 Å². The number of anilines is 1. The fourth-order valence-electron chi connectivity index (χ4n) is 2.76. The number of fused-ring (bicyclic) bond motifs is 1. The van der Waals surface area contributed by atoms with E-state index in [2.05, 4.69) is 5.32 Å². The number of thioether (sulfide) groups is 1. The summed E-state index contributed by atoms with van der Waals surface area (Å²) in [5.74, 6) is -2.97. The van der Waals surface area contributed by atoms with E-state index in [1.54, 1.807) is 11.5 Å². The molecular weight excluding hydrogens is 364 g/mol. The van der Waals surface area contributed by atoms with E-state index in [-0.39, 0.29) is 24.7 Å². The van der Waals surface area contributed by atoms with E-state index in [0.29, 0.717) is 12.1 Å². The van der Waals surface area contributed by atoms with Crippen LogP contribution in [-0.4, -0.2) is 51.4 Å². The monoisotopic (exact) mass is 380 g/mol. The van der Waals surface area contributed by atoms with Crippen molar-refractivity contribution in [2.75, 3.05) is 18.4 Å². The maximum absolute atomic E-state index is 13.3. The van der Waals surface area contributed by atoms with E-state index in [0.717, 1.165) is 17.0 Å². The van der Waals surface area contributed by atoms with E-state index in [1.165, 1.54) is 22.4 Å². The first-order valence-electron chi connectivity index (χ1n) is 7.99. The van der Waals surface area contributed by atoms with Crippen LogP contribution in [0.15, 0.2) is 29.7 Å². The Balaban J connectivity index is 1.82. The average Bonchev–Trinajstić information content (AvgIpc) is 3.08. The van der Waals surface area contributed by atoms with Crippen molar-refractivity contribution in [2.45, 2.75) is 18.6 Å². The van der Waals surface area contributed by atoms with Gasteiger partial charge < -0.3 is 5.32 Å². The third-order valence-corrected chi connectivity index (χ3v) is 4.95. The Labute approximate surface area is 152 Å². The summed E-state index contributed by atoms with van der Waals surface area (Å²) >= 11 is 1.28. The molecule has 4 amide bonds. The molecule has 0 saturated heterocycles. The molecule has 0 bridgehead atoms. The molecule has 2 aliphatic heterocycles. The number of amides is 4. The lowest BCUT2D eigenvalue weighted by molar-refractivity contribution is -0.425. The number of benzene rings is 1. The third-order valence-electron chi connectivity index (χ3n) is 3.94. The van der Waals surface area contributed by atoms with Gasteiger partial charge in [0, 0.05) is 11.8 Å². The van der Waals surface area contributed by atoms with E-state index in [1.807, 2.05) is 6.92 Å². The summed E-state index contributed by atoms with van der Waals surface area (Å²) in [6, 6.07) is 2.43. The first kappa shape index (κ1) is 18.2. The van der Waals surface area contributed by atoms with Gasteiger partial charge in [-0.15, -0.1) is 11.8 Å². The SMILES string of the molecule is CCCN1C(=O)C2SC=CC2=[N+](CC(=O)Nc2ccc(F)c(F)c2)C1=O. The predicted molar refractivity (Wildman–Crippen MR) is 93.0 cm³/mol. The first-order valence-corrected chi connectivity index (χ1v) is 8.93. The van der Waals surface area contributed by atoms with Crippen molar-refractivity contribution in [3.63, 3.8) is 0 Å². The van der Waals surface area contributed by atoms with Gasteiger partial charge in [-0.25, -0.2) is 13.6 Å². The van der Waals surface area contributed by atoms with Crippen LogP contribution in [0.4, 0.5) is 19.3 Å². The standard InChI is InChI=1S/C17H15F2N3O3S/c1-2-6-21-16(24)15-13(5-7-26-15)22(17(21)25)9-14(23)20-10-3-4-11(18)12(19)8-10/h3-5,7-8,15H,2,6,9H2,1H3/p+1. The first-order chi connectivity index (χ1) is 12.4. The van der Waals surface area contributed by atoms with Crippen molar-refractivity contribution in [3.8, 4) is 0 Å². The Morgan fingerprint density at radius 3 is 2.77 bits per heavy atom. The van der Waals surface area contributed by atoms with Crippen LogP contribution in [0, 0.1) is 11.6 Å². The zero-order chi connectivity index (χ0) is 18.8. The second kappa shape index (κ2) is 7.36. The molecule has 0 aromatic heterocycles. The number of allylic oxidation sites excluding steroid dienone is 1. The van der Waals surface area contributed by atoms with Gasteiger partial charge in [0.1, 0.15) is 5.71 Å². The molecule has 9 heteroatoms. The quantitative estimate of drug-likeness (QED) is 0.797. The fourth-order valence-corrected chi connectivity index (χ4v) is 3.72. The number of imide groups is 1. The van der Waals surface area contributed by atoms with Crippen molar-refractivity contribution in [3.05, 3.63) is 41.3 Å². The molecule has 1 unspecified atom stereocenters. The highest BCUT2D eigenvalue weighted by molar-refractivity contribution is 8.04. The molecule has 0 radical (unpaired) electrons. The van der Waals surface area contributed by atoms with Gasteiger partial charge >= 0.3 is 11.9 Å². The molecule has 136 valence electrons. The normalized spacial score (nSPS) is 19.2. The molecule has 1 aromatic rings. The second-order valence-electron chi connectivity index (χ2n) is 5.78. The van der Waals surface area contributed by atoms with Crippen LogP contribution >= 0.6 is 11.8 Å². The number of rotatable bonds is 5. The van der Waals surface area contributed by atoms with Crippen molar-refractivity contribution >= 4 is 41.0 Å². The highest BCUT2D eigenvalue weighted by Crippen LogP contribution is 2.27. The van der Waals surface area contributed by atoms with E-state index in [4.69, 9.17) is 0 Å². The van der Waals surface area contributed by atoms with Gasteiger partial charge in [0.15, 0.2) is 23.4 Å². The number of hydrogen-bond donors (Lipinski definition) is 1. The smallest absolute Gasteiger partial charge is 0.323 e. The highest BCUT2D eigenvalue weighted by atomic mass is 32.2. The van der Waals surface area contributed by atoms with Crippen molar-refractivity contribution < 1.29 is 27.7 Å². The molecule has 0 aliphatic carbocycles. The maximum Gasteiger partial charge on any atom is 0.501 e. The number of hydrogen-bond acceptors (Lipinski definition) is 4. The van der Waals surface area contributed by atoms with E-state index in [9.17, 15) is 23.2 Å². The molecule has 1 aromatic carbocycles. The molecule has 0 spiro atoms. The molecule has 26 heavy (non-hydrogen) atoms. The minimum absolute atomic E-state index is 0.0812. The summed E-state index contributed by atoms with van der Waals surface area (Å²) in [4.78, 5) is 38.5. The van der Waals surface area contributed by atoms with Crippen LogP contribution in [0.1, 0.15) is 13.3 Å². The van der Waals surface area contributed by atoms with Crippen molar-refractivity contribution in [1.82, 2.24) is 4.90 Å². The number of carbonyl (C=O) groups is 3. The van der Waals surface area contributed by atoms with Crippen LogP contribution in [0.3, 0.4) is 0 Å². The predicted octanol–water partition coefficient (Wildman–Crippen LogP) is 2.36.